The number of primary amides is 1. The number of nitrogens with two attached hydrogens (primary N) is 1. The standard InChI is InChI=1S/C27H27F3N6O4/c28-27(29,30)12-13-39-20-10-11-23-21(14-32-36(23)15-20)25(38)33-17-6-8-19(9-7-17)40-26-22(24(31)37)16-35(34-26)18-4-2-1-3-5-18/h1-5,10-11,14-17,19H,6-9,12-13H2,(H2,31,37)(H,33,38)/t17-,19-. The molecule has 1 fully saturated rings. The molecule has 2 amide bonds. The summed E-state index contributed by atoms with van der Waals surface area (Å²) in [6, 6.07) is 12.3. The van der Waals surface area contributed by atoms with Gasteiger partial charge < -0.3 is 20.5 Å². The van der Waals surface area contributed by atoms with Crippen LogP contribution < -0.4 is 20.5 Å². The van der Waals surface area contributed by atoms with Gasteiger partial charge in [0.2, 0.25) is 5.88 Å². The number of fused-ring (bicyclic) bond motifs is 1. The number of benzene rings is 1. The Morgan fingerprint density at radius 3 is 2.48 bits per heavy atom. The fourth-order valence-corrected chi connectivity index (χ4v) is 4.58. The number of nitrogens with one attached hydrogen (secondary N) is 1. The van der Waals surface area contributed by atoms with Gasteiger partial charge in [-0.15, -0.1) is 5.10 Å². The molecule has 0 aliphatic heterocycles. The highest BCUT2D eigenvalue weighted by atomic mass is 19.4. The number of carbonyl (C=O) groups excluding carboxylic acids is 2. The van der Waals surface area contributed by atoms with Gasteiger partial charge in [0, 0.05) is 12.2 Å². The first-order valence-corrected chi connectivity index (χ1v) is 12.8. The predicted molar refractivity (Wildman–Crippen MR) is 138 cm³/mol. The maximum atomic E-state index is 13.0. The molecule has 0 radical (unpaired) electrons. The maximum Gasteiger partial charge on any atom is 0.392 e. The zero-order valence-corrected chi connectivity index (χ0v) is 21.3. The zero-order chi connectivity index (χ0) is 28.3. The van der Waals surface area contributed by atoms with Gasteiger partial charge in [-0.05, 0) is 49.9 Å². The summed E-state index contributed by atoms with van der Waals surface area (Å²) in [5, 5.41) is 11.6. The molecule has 10 nitrogen and oxygen atoms in total. The third-order valence-electron chi connectivity index (χ3n) is 6.64. The first kappa shape index (κ1) is 27.0. The van der Waals surface area contributed by atoms with E-state index in [1.807, 2.05) is 30.3 Å². The minimum Gasteiger partial charge on any atom is -0.492 e. The number of ether oxygens (including phenoxy) is 2. The molecule has 210 valence electrons. The number of amides is 2. The smallest absolute Gasteiger partial charge is 0.392 e. The van der Waals surface area contributed by atoms with Gasteiger partial charge in [0.1, 0.15) is 17.4 Å². The van der Waals surface area contributed by atoms with Crippen LogP contribution in [0.15, 0.2) is 61.1 Å². The lowest BCUT2D eigenvalue weighted by Crippen LogP contribution is -2.39. The summed E-state index contributed by atoms with van der Waals surface area (Å²) in [5.41, 5.74) is 7.36. The van der Waals surface area contributed by atoms with Crippen LogP contribution in [0.4, 0.5) is 13.2 Å². The molecule has 4 aromatic rings. The topological polar surface area (TPSA) is 126 Å². The highest BCUT2D eigenvalue weighted by molar-refractivity contribution is 6.00. The van der Waals surface area contributed by atoms with E-state index >= 15 is 0 Å². The number of carbonyl (C=O) groups is 2. The van der Waals surface area contributed by atoms with Crippen LogP contribution in [-0.2, 0) is 0 Å². The van der Waals surface area contributed by atoms with Crippen LogP contribution in [0.3, 0.4) is 0 Å². The van der Waals surface area contributed by atoms with Crippen molar-refractivity contribution in [3.05, 3.63) is 72.2 Å². The SMILES string of the molecule is NC(=O)c1cn(-c2ccccc2)nc1O[C@H]1CC[C@H](NC(=O)c2cnn3cc(OCCC(F)(F)F)ccc23)CC1. The number of para-hydroxylation sites is 1. The van der Waals surface area contributed by atoms with E-state index in [0.29, 0.717) is 36.8 Å². The fraction of sp³-hybridized carbons (Fsp3) is 0.333. The lowest BCUT2D eigenvalue weighted by molar-refractivity contribution is -0.139. The lowest BCUT2D eigenvalue weighted by Gasteiger charge is -2.29. The number of aromatic nitrogens is 4. The largest absolute Gasteiger partial charge is 0.492 e. The Balaban J connectivity index is 1.16. The Morgan fingerprint density at radius 2 is 1.77 bits per heavy atom. The highest BCUT2D eigenvalue weighted by Gasteiger charge is 2.28. The van der Waals surface area contributed by atoms with Gasteiger partial charge in [0.05, 0.1) is 42.2 Å². The number of alkyl halides is 3. The Bertz CT molecular complexity index is 1490. The van der Waals surface area contributed by atoms with Crippen molar-refractivity contribution in [3.63, 3.8) is 0 Å². The third kappa shape index (κ3) is 6.35. The first-order chi connectivity index (χ1) is 19.2. The van der Waals surface area contributed by atoms with E-state index in [0.717, 1.165) is 5.69 Å². The minimum absolute atomic E-state index is 0.0928. The average molecular weight is 557 g/mol. The van der Waals surface area contributed by atoms with Crippen LogP contribution in [0.2, 0.25) is 0 Å². The molecule has 3 aromatic heterocycles. The summed E-state index contributed by atoms with van der Waals surface area (Å²) in [4.78, 5) is 24.9. The molecule has 3 N–H and O–H groups in total. The summed E-state index contributed by atoms with van der Waals surface area (Å²) in [6.45, 7) is -0.505. The molecular formula is C27H27F3N6O4. The van der Waals surface area contributed by atoms with Crippen LogP contribution in [0.1, 0.15) is 52.8 Å². The molecule has 3 heterocycles. The van der Waals surface area contributed by atoms with Crippen molar-refractivity contribution in [2.75, 3.05) is 6.61 Å². The van der Waals surface area contributed by atoms with Crippen molar-refractivity contribution in [1.82, 2.24) is 24.7 Å². The molecule has 13 heteroatoms. The Labute approximate surface area is 226 Å². The average Bonchev–Trinajstić information content (AvgIpc) is 3.54. The Kier molecular flexibility index (Phi) is 7.63. The molecule has 0 saturated heterocycles. The molecule has 1 aliphatic rings. The number of pyridine rings is 1. The van der Waals surface area contributed by atoms with Gasteiger partial charge in [0.15, 0.2) is 0 Å². The number of halogens is 3. The maximum absolute atomic E-state index is 13.0. The molecule has 0 unspecified atom stereocenters. The number of rotatable bonds is 9. The zero-order valence-electron chi connectivity index (χ0n) is 21.3. The van der Waals surface area contributed by atoms with Crippen LogP contribution in [0, 0.1) is 0 Å². The highest BCUT2D eigenvalue weighted by Crippen LogP contribution is 2.27. The quantitative estimate of drug-likeness (QED) is 0.320. The monoisotopic (exact) mass is 556 g/mol. The molecule has 0 bridgehead atoms. The van der Waals surface area contributed by atoms with Crippen molar-refractivity contribution in [1.29, 1.82) is 0 Å². The van der Waals surface area contributed by atoms with Crippen molar-refractivity contribution in [3.8, 4) is 17.3 Å². The van der Waals surface area contributed by atoms with E-state index in [-0.39, 0.29) is 35.2 Å². The van der Waals surface area contributed by atoms with Gasteiger partial charge in [-0.2, -0.15) is 18.3 Å². The Hall–Kier alpha value is -4.55. The van der Waals surface area contributed by atoms with Crippen molar-refractivity contribution in [2.24, 2.45) is 5.73 Å². The number of hydrogen-bond acceptors (Lipinski definition) is 6. The van der Waals surface area contributed by atoms with E-state index in [1.165, 1.54) is 23.0 Å². The summed E-state index contributed by atoms with van der Waals surface area (Å²) >= 11 is 0. The van der Waals surface area contributed by atoms with Gasteiger partial charge in [0.25, 0.3) is 11.8 Å². The molecule has 40 heavy (non-hydrogen) atoms. The molecule has 1 aliphatic carbocycles. The lowest BCUT2D eigenvalue weighted by atomic mass is 9.92. The molecule has 0 spiro atoms. The minimum atomic E-state index is -4.30. The molecule has 0 atom stereocenters. The van der Waals surface area contributed by atoms with Crippen molar-refractivity contribution >= 4 is 17.3 Å². The van der Waals surface area contributed by atoms with Crippen LogP contribution >= 0.6 is 0 Å². The summed E-state index contributed by atoms with van der Waals surface area (Å²) in [5.74, 6) is -0.538. The van der Waals surface area contributed by atoms with E-state index in [2.05, 4.69) is 15.5 Å². The fourth-order valence-electron chi connectivity index (χ4n) is 4.58. The second kappa shape index (κ2) is 11.3. The van der Waals surface area contributed by atoms with Gasteiger partial charge in [-0.1, -0.05) is 18.2 Å². The second-order valence-corrected chi connectivity index (χ2v) is 9.52. The second-order valence-electron chi connectivity index (χ2n) is 9.52. The van der Waals surface area contributed by atoms with Crippen LogP contribution in [-0.4, -0.2) is 56.1 Å². The normalized spacial score (nSPS) is 17.5. The van der Waals surface area contributed by atoms with E-state index in [4.69, 9.17) is 15.2 Å². The third-order valence-corrected chi connectivity index (χ3v) is 6.64. The van der Waals surface area contributed by atoms with Gasteiger partial charge in [-0.3, -0.25) is 9.59 Å². The van der Waals surface area contributed by atoms with Gasteiger partial charge >= 0.3 is 6.18 Å². The van der Waals surface area contributed by atoms with Crippen molar-refractivity contribution < 1.29 is 32.2 Å². The molecule has 1 saturated carbocycles. The van der Waals surface area contributed by atoms with Crippen LogP contribution in [0.5, 0.6) is 11.6 Å². The van der Waals surface area contributed by atoms with Crippen LogP contribution in [0.25, 0.3) is 11.2 Å². The van der Waals surface area contributed by atoms with Gasteiger partial charge in [-0.25, -0.2) is 9.20 Å². The van der Waals surface area contributed by atoms with Crippen molar-refractivity contribution in [2.45, 2.75) is 50.4 Å². The summed E-state index contributed by atoms with van der Waals surface area (Å²) < 4.78 is 51.2. The summed E-state index contributed by atoms with van der Waals surface area (Å²) in [6.07, 6.45) is 1.40. The molecule has 5 rings (SSSR count). The number of hydrogen-bond donors (Lipinski definition) is 2. The van der Waals surface area contributed by atoms with E-state index in [1.54, 1.807) is 16.9 Å². The first-order valence-electron chi connectivity index (χ1n) is 12.8. The molecular weight excluding hydrogens is 529 g/mol. The predicted octanol–water partition coefficient (Wildman–Crippen LogP) is 4.07. The summed E-state index contributed by atoms with van der Waals surface area (Å²) in [7, 11) is 0. The van der Waals surface area contributed by atoms with E-state index in [9.17, 15) is 22.8 Å². The molecule has 1 aromatic carbocycles. The Morgan fingerprint density at radius 1 is 1.02 bits per heavy atom. The number of nitrogens with zero attached hydrogens (tertiary/aromatic N) is 4. The van der Waals surface area contributed by atoms with E-state index < -0.39 is 25.1 Å².